The minimum atomic E-state index is 0.380. The average Bonchev–Trinajstić information content (AvgIpc) is 3.20. The highest BCUT2D eigenvalue weighted by Crippen LogP contribution is 2.23. The topological polar surface area (TPSA) is 45.5 Å². The lowest BCUT2D eigenvalue weighted by molar-refractivity contribution is 0.272. The molecule has 0 N–H and O–H groups in total. The fraction of sp³-hybridized carbons (Fsp3) is 0.296. The molecule has 4 aromatic rings. The zero-order valence-electron chi connectivity index (χ0n) is 19.0. The van der Waals surface area contributed by atoms with Crippen LogP contribution < -0.4 is 14.2 Å². The van der Waals surface area contributed by atoms with Crippen LogP contribution in [0, 0.1) is 0 Å². The van der Waals surface area contributed by atoms with Gasteiger partial charge in [-0.2, -0.15) is 0 Å². The molecule has 0 spiro atoms. The molecular formula is C27H30N2O3. The van der Waals surface area contributed by atoms with E-state index in [-0.39, 0.29) is 0 Å². The van der Waals surface area contributed by atoms with Crippen molar-refractivity contribution in [3.63, 3.8) is 0 Å². The maximum absolute atomic E-state index is 6.04. The van der Waals surface area contributed by atoms with Gasteiger partial charge >= 0.3 is 0 Å². The summed E-state index contributed by atoms with van der Waals surface area (Å²) < 4.78 is 19.4. The van der Waals surface area contributed by atoms with Crippen LogP contribution in [0.3, 0.4) is 0 Å². The summed E-state index contributed by atoms with van der Waals surface area (Å²) in [5.41, 5.74) is 3.38. The van der Waals surface area contributed by atoms with Gasteiger partial charge in [0.15, 0.2) is 0 Å². The fourth-order valence-electron chi connectivity index (χ4n) is 3.69. The van der Waals surface area contributed by atoms with E-state index in [1.54, 1.807) is 7.11 Å². The number of hydrogen-bond donors (Lipinski definition) is 0. The predicted molar refractivity (Wildman–Crippen MR) is 128 cm³/mol. The summed E-state index contributed by atoms with van der Waals surface area (Å²) in [6.07, 6.45) is 1.13. The van der Waals surface area contributed by atoms with Crippen molar-refractivity contribution < 1.29 is 14.2 Å². The van der Waals surface area contributed by atoms with Gasteiger partial charge in [-0.1, -0.05) is 38.1 Å². The van der Waals surface area contributed by atoms with E-state index in [1.165, 1.54) is 5.56 Å². The Labute approximate surface area is 189 Å². The monoisotopic (exact) mass is 430 g/mol. The van der Waals surface area contributed by atoms with Crippen LogP contribution in [0.1, 0.15) is 37.6 Å². The Morgan fingerprint density at radius 1 is 0.844 bits per heavy atom. The molecule has 1 unspecified atom stereocenters. The highest BCUT2D eigenvalue weighted by Gasteiger charge is 2.12. The molecule has 0 aliphatic carbocycles. The van der Waals surface area contributed by atoms with Crippen LogP contribution in [0.15, 0.2) is 72.8 Å². The quantitative estimate of drug-likeness (QED) is 0.300. The van der Waals surface area contributed by atoms with Crippen LogP contribution in [0.5, 0.6) is 17.2 Å². The van der Waals surface area contributed by atoms with E-state index in [0.29, 0.717) is 25.7 Å². The first-order chi connectivity index (χ1) is 15.7. The number of para-hydroxylation sites is 2. The summed E-state index contributed by atoms with van der Waals surface area (Å²) in [4.78, 5) is 4.79. The van der Waals surface area contributed by atoms with Crippen molar-refractivity contribution in [1.29, 1.82) is 0 Å². The lowest BCUT2D eigenvalue weighted by atomic mass is 9.99. The van der Waals surface area contributed by atoms with Gasteiger partial charge in [-0.25, -0.2) is 4.98 Å². The van der Waals surface area contributed by atoms with E-state index in [2.05, 4.69) is 48.7 Å². The molecule has 3 aromatic carbocycles. The molecule has 1 heterocycles. The second-order valence-electron chi connectivity index (χ2n) is 7.86. The Balaban J connectivity index is 1.44. The number of aromatic nitrogens is 2. The van der Waals surface area contributed by atoms with Crippen molar-refractivity contribution in [2.24, 2.45) is 0 Å². The van der Waals surface area contributed by atoms with Crippen molar-refractivity contribution in [2.75, 3.05) is 13.7 Å². The number of ether oxygens (including phenoxy) is 3. The molecule has 0 saturated heterocycles. The highest BCUT2D eigenvalue weighted by molar-refractivity contribution is 5.75. The lowest BCUT2D eigenvalue weighted by Gasteiger charge is -2.13. The van der Waals surface area contributed by atoms with E-state index in [1.807, 2.05) is 42.5 Å². The van der Waals surface area contributed by atoms with Gasteiger partial charge in [0.25, 0.3) is 0 Å². The smallest absolute Gasteiger partial charge is 0.148 e. The number of benzene rings is 3. The van der Waals surface area contributed by atoms with Gasteiger partial charge in [0.2, 0.25) is 0 Å². The van der Waals surface area contributed by atoms with Crippen LogP contribution >= 0.6 is 0 Å². The van der Waals surface area contributed by atoms with Gasteiger partial charge in [-0.3, -0.25) is 0 Å². The van der Waals surface area contributed by atoms with Crippen LogP contribution in [0.4, 0.5) is 0 Å². The summed E-state index contributed by atoms with van der Waals surface area (Å²) in [7, 11) is 1.65. The Kier molecular flexibility index (Phi) is 6.95. The SMILES string of the molecule is CCC(C)c1ccc(OCCn2c(COc3ccc(OC)cc3)nc3ccccc32)cc1. The number of imidazole rings is 1. The fourth-order valence-corrected chi connectivity index (χ4v) is 3.69. The molecule has 1 atom stereocenters. The number of nitrogens with zero attached hydrogens (tertiary/aromatic N) is 2. The largest absolute Gasteiger partial charge is 0.497 e. The van der Waals surface area contributed by atoms with Crippen molar-refractivity contribution >= 4 is 11.0 Å². The van der Waals surface area contributed by atoms with Gasteiger partial charge in [-0.15, -0.1) is 0 Å². The van der Waals surface area contributed by atoms with Gasteiger partial charge in [0, 0.05) is 0 Å². The Bertz CT molecular complexity index is 1130. The first-order valence-electron chi connectivity index (χ1n) is 11.1. The first kappa shape index (κ1) is 21.8. The molecule has 0 aliphatic heterocycles. The number of fused-ring (bicyclic) bond motifs is 1. The Hall–Kier alpha value is -3.47. The van der Waals surface area contributed by atoms with E-state index in [4.69, 9.17) is 19.2 Å². The van der Waals surface area contributed by atoms with Gasteiger partial charge in [0.05, 0.1) is 24.7 Å². The van der Waals surface area contributed by atoms with Gasteiger partial charge in [0.1, 0.15) is 36.3 Å². The summed E-state index contributed by atoms with van der Waals surface area (Å²) in [5.74, 6) is 3.91. The third kappa shape index (κ3) is 5.05. The molecule has 0 saturated carbocycles. The minimum Gasteiger partial charge on any atom is -0.497 e. The van der Waals surface area contributed by atoms with Crippen molar-refractivity contribution in [1.82, 2.24) is 9.55 Å². The molecule has 4 rings (SSSR count). The second kappa shape index (κ2) is 10.2. The van der Waals surface area contributed by atoms with Crippen LogP contribution in [0.25, 0.3) is 11.0 Å². The molecule has 0 amide bonds. The first-order valence-corrected chi connectivity index (χ1v) is 11.1. The third-order valence-corrected chi connectivity index (χ3v) is 5.81. The van der Waals surface area contributed by atoms with Crippen LogP contribution in [-0.4, -0.2) is 23.3 Å². The molecule has 166 valence electrons. The molecule has 0 aliphatic rings. The van der Waals surface area contributed by atoms with Crippen LogP contribution in [-0.2, 0) is 13.2 Å². The van der Waals surface area contributed by atoms with E-state index < -0.39 is 0 Å². The van der Waals surface area contributed by atoms with Gasteiger partial charge < -0.3 is 18.8 Å². The second-order valence-corrected chi connectivity index (χ2v) is 7.86. The maximum atomic E-state index is 6.04. The van der Waals surface area contributed by atoms with Crippen molar-refractivity contribution in [3.8, 4) is 17.2 Å². The number of methoxy groups -OCH3 is 1. The molecule has 0 radical (unpaired) electrons. The molecular weight excluding hydrogens is 400 g/mol. The zero-order chi connectivity index (χ0) is 22.3. The standard InChI is InChI=1S/C27H30N2O3/c1-4-20(2)21-9-11-23(12-10-21)31-18-17-29-26-8-6-5-7-25(26)28-27(29)19-32-24-15-13-22(30-3)14-16-24/h5-16,20H,4,17-19H2,1-3H3. The Morgan fingerprint density at radius 2 is 1.50 bits per heavy atom. The normalized spacial score (nSPS) is 12.0. The van der Waals surface area contributed by atoms with Crippen LogP contribution in [0.2, 0.25) is 0 Å². The summed E-state index contributed by atoms with van der Waals surface area (Å²) in [6, 6.07) is 24.1. The zero-order valence-corrected chi connectivity index (χ0v) is 19.0. The summed E-state index contributed by atoms with van der Waals surface area (Å²) >= 11 is 0. The number of hydrogen-bond acceptors (Lipinski definition) is 4. The van der Waals surface area contributed by atoms with Crippen molar-refractivity contribution in [3.05, 3.63) is 84.2 Å². The van der Waals surface area contributed by atoms with Crippen molar-refractivity contribution in [2.45, 2.75) is 39.3 Å². The summed E-state index contributed by atoms with van der Waals surface area (Å²) in [6.45, 7) is 6.08. The highest BCUT2D eigenvalue weighted by atomic mass is 16.5. The molecule has 5 nitrogen and oxygen atoms in total. The number of rotatable bonds is 10. The van der Waals surface area contributed by atoms with E-state index in [9.17, 15) is 0 Å². The van der Waals surface area contributed by atoms with Gasteiger partial charge in [-0.05, 0) is 66.4 Å². The summed E-state index contributed by atoms with van der Waals surface area (Å²) in [5, 5.41) is 0. The molecule has 1 aromatic heterocycles. The molecule has 32 heavy (non-hydrogen) atoms. The van der Waals surface area contributed by atoms with E-state index in [0.717, 1.165) is 40.5 Å². The van der Waals surface area contributed by atoms with E-state index >= 15 is 0 Å². The maximum Gasteiger partial charge on any atom is 0.148 e. The lowest BCUT2D eigenvalue weighted by Crippen LogP contribution is -2.13. The predicted octanol–water partition coefficient (Wildman–Crippen LogP) is 6.22. The third-order valence-electron chi connectivity index (χ3n) is 5.81. The molecule has 5 heteroatoms. The molecule has 0 bridgehead atoms. The average molecular weight is 431 g/mol. The Morgan fingerprint density at radius 3 is 2.22 bits per heavy atom. The molecule has 0 fully saturated rings. The minimum absolute atomic E-state index is 0.380.